The number of β-lactam (4-membered cyclic amide) rings is 1. The second kappa shape index (κ2) is 10.8. The normalized spacial score (nSPS) is 17.9. The van der Waals surface area contributed by atoms with Crippen molar-refractivity contribution >= 4 is 23.4 Å². The van der Waals surface area contributed by atoms with E-state index < -0.39 is 35.0 Å². The molecule has 3 atom stereocenters. The van der Waals surface area contributed by atoms with Crippen molar-refractivity contribution < 1.29 is 37.7 Å². The summed E-state index contributed by atoms with van der Waals surface area (Å²) in [6.45, 7) is 0. The van der Waals surface area contributed by atoms with Crippen molar-refractivity contribution in [3.63, 3.8) is 0 Å². The Hall–Kier alpha value is -4.09. The minimum absolute atomic E-state index is 0.118. The Labute approximate surface area is 230 Å². The minimum atomic E-state index is -4.54. The Bertz CT molecular complexity index is 1530. The first kappa shape index (κ1) is 27.5. The van der Waals surface area contributed by atoms with Crippen molar-refractivity contribution in [2.75, 3.05) is 10.7 Å². The van der Waals surface area contributed by atoms with Crippen LogP contribution in [-0.4, -0.2) is 37.2 Å². The highest BCUT2D eigenvalue weighted by Crippen LogP contribution is 2.48. The number of amides is 1. The van der Waals surface area contributed by atoms with Crippen molar-refractivity contribution in [2.24, 2.45) is 0 Å². The number of thioether (sulfide) groups is 1. The number of carbonyl (C=O) groups excluding carboxylic acids is 1. The Morgan fingerprint density at radius 2 is 1.62 bits per heavy atom. The quantitative estimate of drug-likeness (QED) is 0.180. The molecule has 1 fully saturated rings. The highest BCUT2D eigenvalue weighted by Gasteiger charge is 2.50. The average Bonchev–Trinajstić information content (AvgIpc) is 2.92. The van der Waals surface area contributed by atoms with Crippen molar-refractivity contribution in [1.82, 2.24) is 4.98 Å². The molecule has 1 amide bonds. The van der Waals surface area contributed by atoms with Crippen molar-refractivity contribution in [3.8, 4) is 22.6 Å². The van der Waals surface area contributed by atoms with E-state index >= 15 is 0 Å². The van der Waals surface area contributed by atoms with E-state index in [1.165, 1.54) is 59.3 Å². The Balaban J connectivity index is 1.40. The summed E-state index contributed by atoms with van der Waals surface area (Å²) in [6, 6.07) is 16.1. The van der Waals surface area contributed by atoms with E-state index in [-0.39, 0.29) is 28.7 Å². The molecule has 0 unspecified atom stereocenters. The minimum Gasteiger partial charge on any atom is -0.508 e. The van der Waals surface area contributed by atoms with E-state index in [2.05, 4.69) is 4.98 Å². The van der Waals surface area contributed by atoms with Crippen LogP contribution in [0.15, 0.2) is 85.2 Å². The van der Waals surface area contributed by atoms with E-state index in [4.69, 9.17) is 0 Å². The van der Waals surface area contributed by atoms with E-state index in [1.54, 1.807) is 24.3 Å². The zero-order valence-electron chi connectivity index (χ0n) is 20.6. The largest absolute Gasteiger partial charge is 0.508 e. The molecule has 4 aromatic rings. The third-order valence-electron chi connectivity index (χ3n) is 6.61. The molecule has 6 nitrogen and oxygen atoms in total. The van der Waals surface area contributed by atoms with Gasteiger partial charge in [0.25, 0.3) is 0 Å². The molecule has 1 aliphatic heterocycles. The van der Waals surface area contributed by atoms with E-state index in [0.717, 1.165) is 18.3 Å². The number of phenols is 2. The van der Waals surface area contributed by atoms with Gasteiger partial charge in [-0.3, -0.25) is 9.78 Å². The molecule has 2 heterocycles. The van der Waals surface area contributed by atoms with Crippen LogP contribution in [0, 0.1) is 5.82 Å². The molecule has 1 aromatic heterocycles. The van der Waals surface area contributed by atoms with Gasteiger partial charge in [-0.1, -0.05) is 24.3 Å². The number of aliphatic hydroxyl groups excluding tert-OH is 1. The first-order valence-corrected chi connectivity index (χ1v) is 13.1. The molecule has 206 valence electrons. The number of aromatic nitrogens is 1. The van der Waals surface area contributed by atoms with Gasteiger partial charge in [0.1, 0.15) is 22.6 Å². The number of rotatable bonds is 7. The first-order valence-electron chi connectivity index (χ1n) is 12.1. The predicted octanol–water partition coefficient (Wildman–Crippen LogP) is 6.24. The van der Waals surface area contributed by atoms with Gasteiger partial charge in [-0.05, 0) is 53.6 Å². The van der Waals surface area contributed by atoms with Gasteiger partial charge in [0.2, 0.25) is 5.91 Å². The van der Waals surface area contributed by atoms with Gasteiger partial charge in [-0.2, -0.15) is 13.2 Å². The summed E-state index contributed by atoms with van der Waals surface area (Å²) in [5, 5.41) is 30.2. The lowest BCUT2D eigenvalue weighted by molar-refractivity contribution is -0.137. The van der Waals surface area contributed by atoms with Gasteiger partial charge in [-0.25, -0.2) is 4.39 Å². The van der Waals surface area contributed by atoms with E-state index in [1.807, 2.05) is 0 Å². The van der Waals surface area contributed by atoms with E-state index in [0.29, 0.717) is 22.4 Å². The topological polar surface area (TPSA) is 93.9 Å². The molecule has 11 heteroatoms. The highest BCUT2D eigenvalue weighted by molar-refractivity contribution is 8.00. The number of nitrogens with zero attached hydrogens (tertiary/aromatic N) is 2. The summed E-state index contributed by atoms with van der Waals surface area (Å²) in [7, 11) is 0. The number of aliphatic hydroxyl groups is 1. The summed E-state index contributed by atoms with van der Waals surface area (Å²) in [5.41, 5.74) is 1.15. The fourth-order valence-corrected chi connectivity index (χ4v) is 5.83. The maximum Gasteiger partial charge on any atom is 0.417 e. The third kappa shape index (κ3) is 5.47. The summed E-state index contributed by atoms with van der Waals surface area (Å²) < 4.78 is 52.6. The zero-order valence-corrected chi connectivity index (χ0v) is 21.4. The van der Waals surface area contributed by atoms with Crippen LogP contribution >= 0.6 is 11.8 Å². The first-order chi connectivity index (χ1) is 19.0. The van der Waals surface area contributed by atoms with Crippen LogP contribution in [0.5, 0.6) is 11.5 Å². The van der Waals surface area contributed by atoms with Crippen LogP contribution < -0.4 is 4.90 Å². The maximum atomic E-state index is 13.3. The molecular weight excluding hydrogens is 548 g/mol. The molecule has 0 spiro atoms. The fourth-order valence-electron chi connectivity index (χ4n) is 4.54. The van der Waals surface area contributed by atoms with Crippen molar-refractivity contribution in [3.05, 3.63) is 108 Å². The number of hydrogen-bond donors (Lipinski definition) is 3. The summed E-state index contributed by atoms with van der Waals surface area (Å²) in [6.07, 6.45) is -3.45. The number of aromatic hydroxyl groups is 2. The van der Waals surface area contributed by atoms with Gasteiger partial charge >= 0.3 is 6.18 Å². The molecule has 1 aliphatic rings. The van der Waals surface area contributed by atoms with Gasteiger partial charge in [0, 0.05) is 41.0 Å². The number of pyridine rings is 1. The lowest BCUT2D eigenvalue weighted by atomic mass is 9.91. The lowest BCUT2D eigenvalue weighted by Crippen LogP contribution is -2.57. The van der Waals surface area contributed by atoms with Gasteiger partial charge in [0.05, 0.1) is 17.7 Å². The second-order valence-corrected chi connectivity index (χ2v) is 10.4. The maximum absolute atomic E-state index is 13.3. The van der Waals surface area contributed by atoms with Crippen LogP contribution in [0.2, 0.25) is 0 Å². The number of benzene rings is 3. The third-order valence-corrected chi connectivity index (χ3v) is 7.94. The van der Waals surface area contributed by atoms with Crippen LogP contribution in [0.25, 0.3) is 11.1 Å². The molecule has 0 aliphatic carbocycles. The number of halogens is 4. The molecule has 0 radical (unpaired) electrons. The molecular formula is C29H22F4N2O4S. The Morgan fingerprint density at radius 1 is 0.925 bits per heavy atom. The number of hydrogen-bond acceptors (Lipinski definition) is 6. The SMILES string of the molecule is O=C1[C@H](SC[C@H](O)c2ccc(F)cc2)[C@@H](c2ccc(O)cc2O)N1c1ccc(-c2cncc(C(F)(F)F)c2)cc1. The van der Waals surface area contributed by atoms with Crippen molar-refractivity contribution in [2.45, 2.75) is 23.6 Å². The van der Waals surface area contributed by atoms with Crippen LogP contribution in [0.4, 0.5) is 23.2 Å². The second-order valence-electron chi connectivity index (χ2n) is 9.22. The number of phenolic OH excluding ortho intramolecular Hbond substituents is 2. The number of alkyl halides is 3. The van der Waals surface area contributed by atoms with Gasteiger partial charge in [0.15, 0.2) is 0 Å². The fraction of sp³-hybridized carbons (Fsp3) is 0.172. The van der Waals surface area contributed by atoms with Gasteiger partial charge in [-0.15, -0.1) is 11.8 Å². The standard InChI is InChI=1S/C29H22F4N2O4S/c30-20-5-1-17(2-6-20)25(38)15-40-27-26(23-10-9-22(36)12-24(23)37)35(28(27)39)21-7-3-16(4-8-21)18-11-19(14-34-13-18)29(31,32)33/h1-14,25-27,36-38H,15H2/t25-,26+,27+/m0/s1. The molecule has 0 saturated carbocycles. The Morgan fingerprint density at radius 3 is 2.27 bits per heavy atom. The molecule has 5 rings (SSSR count). The monoisotopic (exact) mass is 570 g/mol. The molecule has 0 bridgehead atoms. The summed E-state index contributed by atoms with van der Waals surface area (Å²) in [4.78, 5) is 18.5. The molecule has 40 heavy (non-hydrogen) atoms. The molecule has 3 aromatic carbocycles. The van der Waals surface area contributed by atoms with Crippen LogP contribution in [-0.2, 0) is 11.0 Å². The van der Waals surface area contributed by atoms with Gasteiger partial charge < -0.3 is 20.2 Å². The zero-order chi connectivity index (χ0) is 28.6. The Kier molecular flexibility index (Phi) is 7.43. The number of anilines is 1. The summed E-state index contributed by atoms with van der Waals surface area (Å²) >= 11 is 1.17. The molecule has 1 saturated heterocycles. The van der Waals surface area contributed by atoms with Crippen LogP contribution in [0.1, 0.15) is 28.8 Å². The number of carbonyl (C=O) groups is 1. The molecule has 3 N–H and O–H groups in total. The predicted molar refractivity (Wildman–Crippen MR) is 142 cm³/mol. The average molecular weight is 571 g/mol. The van der Waals surface area contributed by atoms with E-state index in [9.17, 15) is 37.7 Å². The van der Waals surface area contributed by atoms with Crippen molar-refractivity contribution in [1.29, 1.82) is 0 Å². The smallest absolute Gasteiger partial charge is 0.417 e. The van der Waals surface area contributed by atoms with Crippen LogP contribution in [0.3, 0.4) is 0 Å². The highest BCUT2D eigenvalue weighted by atomic mass is 32.2. The summed E-state index contributed by atoms with van der Waals surface area (Å²) in [5.74, 6) is -1.01. The lowest BCUT2D eigenvalue weighted by Gasteiger charge is -2.47.